The van der Waals surface area contributed by atoms with Crippen LogP contribution in [0.2, 0.25) is 0 Å². The second kappa shape index (κ2) is 6.21. The van der Waals surface area contributed by atoms with Gasteiger partial charge in [0.2, 0.25) is 0 Å². The highest BCUT2D eigenvalue weighted by Crippen LogP contribution is 2.29. The number of hydrogen-bond acceptors (Lipinski definition) is 2. The summed E-state index contributed by atoms with van der Waals surface area (Å²) in [6.45, 7) is -17.6. The van der Waals surface area contributed by atoms with Gasteiger partial charge in [-0.3, -0.25) is 4.90 Å². The maximum absolute atomic E-state index is 9.34. The topological polar surface area (TPSA) is 6.48 Å². The summed E-state index contributed by atoms with van der Waals surface area (Å²) in [5.74, 6) is 0. The Hall–Kier alpha value is -1.64. The molecule has 20 heavy (non-hydrogen) atoms. The van der Waals surface area contributed by atoms with Crippen LogP contribution in [0.25, 0.3) is 0 Å². The molecule has 2 aromatic rings. The molecule has 0 spiro atoms. The minimum absolute atomic E-state index is 0.0490. The van der Waals surface area contributed by atoms with E-state index in [-0.39, 0.29) is 20.9 Å². The Morgan fingerprint density at radius 1 is 0.900 bits per heavy atom. The van der Waals surface area contributed by atoms with Crippen molar-refractivity contribution in [3.8, 4) is 0 Å². The molecule has 0 N–H and O–H groups in total. The first-order valence-electron chi connectivity index (χ1n) is 12.2. The fourth-order valence-electron chi connectivity index (χ4n) is 1.98. The van der Waals surface area contributed by atoms with E-state index in [9.17, 15) is 1.37 Å². The third kappa shape index (κ3) is 2.92. The van der Waals surface area contributed by atoms with Crippen LogP contribution in [-0.2, 0) is 0 Å². The Labute approximate surface area is 138 Å². The molecule has 0 saturated carbocycles. The molecule has 0 aliphatic carbocycles. The summed E-state index contributed by atoms with van der Waals surface area (Å²) in [4.78, 5) is -0.222. The quantitative estimate of drug-likeness (QED) is 0.851. The summed E-state index contributed by atoms with van der Waals surface area (Å²) in [5, 5.41) is 0. The van der Waals surface area contributed by atoms with Crippen LogP contribution in [0.5, 0.6) is 0 Å². The maximum Gasteiger partial charge on any atom is 0.0602 e. The lowest BCUT2D eigenvalue weighted by Gasteiger charge is -2.38. The second-order valence-electron chi connectivity index (χ2n) is 4.20. The number of benzene rings is 2. The number of piperazine rings is 1. The van der Waals surface area contributed by atoms with Gasteiger partial charge in [-0.2, -0.15) is 0 Å². The van der Waals surface area contributed by atoms with E-state index >= 15 is 0 Å². The SMILES string of the molecule is [2H]C([2H])([2H])N1C([2H])([2H])C([2H])([2H])N(C([2H])(c2ccccc2)c2ccccc2)C([2H])([2H])C1([2H])[2H]. The highest BCUT2D eigenvalue weighted by atomic mass is 15.3. The molecule has 2 heteroatoms. The zero-order chi connectivity index (χ0) is 24.4. The Balaban J connectivity index is 2.42. The molecule has 1 saturated heterocycles. The minimum atomic E-state index is -3.55. The highest BCUT2D eigenvalue weighted by molar-refractivity contribution is 5.31. The molecule has 2 aromatic carbocycles. The number of hydrogen-bond donors (Lipinski definition) is 0. The van der Waals surface area contributed by atoms with Gasteiger partial charge in [-0.05, 0) is 18.1 Å². The van der Waals surface area contributed by atoms with E-state index in [0.29, 0.717) is 0 Å². The third-order valence-electron chi connectivity index (χ3n) is 2.87. The van der Waals surface area contributed by atoms with Crippen LogP contribution >= 0.6 is 0 Å². The van der Waals surface area contributed by atoms with Gasteiger partial charge < -0.3 is 4.90 Å². The molecule has 3 rings (SSSR count). The molecule has 1 aliphatic heterocycles. The zero-order valence-electron chi connectivity index (χ0n) is 22.7. The van der Waals surface area contributed by atoms with Gasteiger partial charge in [0.05, 0.1) is 7.39 Å². The van der Waals surface area contributed by atoms with Crippen molar-refractivity contribution in [2.75, 3.05) is 33.0 Å². The van der Waals surface area contributed by atoms with Gasteiger partial charge in [0.1, 0.15) is 0 Å². The summed E-state index contributed by atoms with van der Waals surface area (Å²) in [6, 6.07) is 12.6. The molecule has 0 aromatic heterocycles. The molecule has 1 fully saturated rings. The van der Waals surface area contributed by atoms with Crippen molar-refractivity contribution in [3.05, 3.63) is 71.8 Å². The molecule has 0 amide bonds. The lowest BCUT2D eigenvalue weighted by Crippen LogP contribution is -2.46. The van der Waals surface area contributed by atoms with Crippen LogP contribution in [-0.4, -0.2) is 42.8 Å². The van der Waals surface area contributed by atoms with Crippen molar-refractivity contribution in [2.24, 2.45) is 0 Å². The van der Waals surface area contributed by atoms with Crippen LogP contribution in [0.1, 0.15) is 33.6 Å². The van der Waals surface area contributed by atoms with Crippen molar-refractivity contribution >= 4 is 0 Å². The van der Waals surface area contributed by atoms with Crippen molar-refractivity contribution in [1.82, 2.24) is 9.80 Å². The summed E-state index contributed by atoms with van der Waals surface area (Å²) in [5.41, 5.74) is 0.0979. The van der Waals surface area contributed by atoms with Gasteiger partial charge >= 0.3 is 0 Å². The Morgan fingerprint density at radius 3 is 1.85 bits per heavy atom. The van der Waals surface area contributed by atoms with E-state index in [1.54, 1.807) is 12.1 Å². The summed E-state index contributed by atoms with van der Waals surface area (Å²) < 4.78 is 99.9. The lowest BCUT2D eigenvalue weighted by atomic mass is 9.96. The third-order valence-corrected chi connectivity index (χ3v) is 2.87. The Morgan fingerprint density at radius 2 is 1.40 bits per heavy atom. The van der Waals surface area contributed by atoms with E-state index < -0.39 is 39.0 Å². The van der Waals surface area contributed by atoms with Crippen LogP contribution in [0.4, 0.5) is 0 Å². The first-order chi connectivity index (χ1) is 14.4. The number of rotatable bonds is 3. The van der Waals surface area contributed by atoms with E-state index in [4.69, 9.17) is 15.1 Å². The summed E-state index contributed by atoms with van der Waals surface area (Å²) in [6.07, 6.45) is 0. The van der Waals surface area contributed by atoms with Gasteiger partial charge in [0.25, 0.3) is 0 Å². The number of nitrogens with zero attached hydrogens (tertiary/aromatic N) is 2. The van der Waals surface area contributed by atoms with E-state index in [2.05, 4.69) is 0 Å². The molecule has 0 atom stereocenters. The monoisotopic (exact) mass is 278 g/mol. The summed E-state index contributed by atoms with van der Waals surface area (Å²) in [7, 11) is 0. The largest absolute Gasteiger partial charge is 0.304 e. The zero-order valence-corrected chi connectivity index (χ0v) is 10.7. The first kappa shape index (κ1) is 5.28. The average molecular weight is 278 g/mol. The van der Waals surface area contributed by atoms with Gasteiger partial charge in [-0.25, -0.2) is 0 Å². The van der Waals surface area contributed by atoms with E-state index in [1.165, 1.54) is 48.5 Å². The predicted octanol–water partition coefficient (Wildman–Crippen LogP) is 3.02. The second-order valence-corrected chi connectivity index (χ2v) is 4.20. The lowest BCUT2D eigenvalue weighted by molar-refractivity contribution is 0.127. The maximum atomic E-state index is 9.34. The Bertz CT molecular complexity index is 891. The molecule has 104 valence electrons. The molecule has 0 bridgehead atoms. The fraction of sp³-hybridized carbons (Fsp3) is 0.333. The molecular formula is C18H22N2. The number of likely N-dealkylation sites (N-methyl/N-ethyl adjacent to an activating group) is 1. The first-order valence-corrected chi connectivity index (χ1v) is 6.16. The molecule has 2 nitrogen and oxygen atoms in total. The smallest absolute Gasteiger partial charge is 0.0602 e. The predicted molar refractivity (Wildman–Crippen MR) is 83.8 cm³/mol. The standard InChI is InChI=1S/C18H22N2/c1-19-12-14-20(15-13-19)18(16-8-4-2-5-9-16)17-10-6-3-7-11-17/h2-11,18H,12-15H2,1H3/i1D3,12D2,13D2,14D2,15D2,18D. The normalized spacial score (nSPS) is 37.6. The van der Waals surface area contributed by atoms with Crippen LogP contribution < -0.4 is 0 Å². The Kier molecular flexibility index (Phi) is 1.64. The molecule has 0 radical (unpaired) electrons. The van der Waals surface area contributed by atoms with Gasteiger partial charge in [-0.1, -0.05) is 60.7 Å². The van der Waals surface area contributed by atoms with E-state index in [0.717, 1.165) is 0 Å². The fourth-order valence-corrected chi connectivity index (χ4v) is 1.98. The van der Waals surface area contributed by atoms with Gasteiger partial charge in [0, 0.05) is 41.1 Å². The minimum Gasteiger partial charge on any atom is -0.304 e. The van der Waals surface area contributed by atoms with Crippen LogP contribution in [0, 0.1) is 0 Å². The van der Waals surface area contributed by atoms with Gasteiger partial charge in [-0.15, -0.1) is 0 Å². The van der Waals surface area contributed by atoms with Crippen molar-refractivity contribution in [2.45, 2.75) is 6.02 Å². The average Bonchev–Trinajstić information content (AvgIpc) is 2.66. The van der Waals surface area contributed by atoms with Crippen LogP contribution in [0.3, 0.4) is 0 Å². The molecular weight excluding hydrogens is 244 g/mol. The summed E-state index contributed by atoms with van der Waals surface area (Å²) >= 11 is 0. The molecule has 1 aliphatic rings. The highest BCUT2D eigenvalue weighted by Gasteiger charge is 2.24. The molecule has 0 unspecified atom stereocenters. The van der Waals surface area contributed by atoms with Crippen LogP contribution in [0.15, 0.2) is 60.7 Å². The van der Waals surface area contributed by atoms with Crippen molar-refractivity contribution in [3.63, 3.8) is 0 Å². The molecule has 1 heterocycles. The van der Waals surface area contributed by atoms with Crippen molar-refractivity contribution in [1.29, 1.82) is 0 Å². The van der Waals surface area contributed by atoms with Crippen molar-refractivity contribution < 1.29 is 16.4 Å². The van der Waals surface area contributed by atoms with Gasteiger partial charge in [0.15, 0.2) is 0 Å². The van der Waals surface area contributed by atoms with E-state index in [1.807, 2.05) is 0 Å².